The molecule has 0 aliphatic rings. The van der Waals surface area contributed by atoms with Crippen LogP contribution in [0.3, 0.4) is 0 Å². The zero-order valence-electron chi connectivity index (χ0n) is 10.3. The quantitative estimate of drug-likeness (QED) is 0.730. The number of hydrogen-bond donors (Lipinski definition) is 0. The normalized spacial score (nSPS) is 10.1. The summed E-state index contributed by atoms with van der Waals surface area (Å²) in [7, 11) is 1.61. The summed E-state index contributed by atoms with van der Waals surface area (Å²) in [5.41, 5.74) is 0.910. The van der Waals surface area contributed by atoms with Crippen LogP contribution in [0.5, 0.6) is 5.75 Å². The third-order valence-electron chi connectivity index (χ3n) is 2.62. The lowest BCUT2D eigenvalue weighted by atomic mass is 10.1. The molecule has 0 aromatic heterocycles. The molecule has 0 fully saturated rings. The summed E-state index contributed by atoms with van der Waals surface area (Å²) in [4.78, 5) is 13.8. The first kappa shape index (κ1) is 13.8. The van der Waals surface area contributed by atoms with Crippen LogP contribution in [-0.2, 0) is 11.2 Å². The fourth-order valence-electron chi connectivity index (χ4n) is 1.68. The van der Waals surface area contributed by atoms with Crippen molar-refractivity contribution in [1.82, 2.24) is 4.90 Å². The molecule has 0 unspecified atom stereocenters. The molecular weight excluding hydrogens is 238 g/mol. The topological polar surface area (TPSA) is 29.5 Å². The van der Waals surface area contributed by atoms with Crippen LogP contribution in [0.1, 0.15) is 12.5 Å². The van der Waals surface area contributed by atoms with Gasteiger partial charge in [0.1, 0.15) is 5.75 Å². The summed E-state index contributed by atoms with van der Waals surface area (Å²) >= 11 is 5.66. The number of nitrogens with zero attached hydrogens (tertiary/aromatic N) is 1. The molecule has 0 atom stereocenters. The second kappa shape index (κ2) is 7.17. The van der Waals surface area contributed by atoms with Crippen LogP contribution in [0.15, 0.2) is 24.3 Å². The molecule has 17 heavy (non-hydrogen) atoms. The molecular formula is C13H18ClNO2. The first-order chi connectivity index (χ1) is 8.22. The van der Waals surface area contributed by atoms with E-state index in [4.69, 9.17) is 16.3 Å². The highest BCUT2D eigenvalue weighted by atomic mass is 35.5. The van der Waals surface area contributed by atoms with E-state index in [-0.39, 0.29) is 5.91 Å². The van der Waals surface area contributed by atoms with Crippen molar-refractivity contribution in [2.24, 2.45) is 0 Å². The highest BCUT2D eigenvalue weighted by Gasteiger charge is 2.13. The number of rotatable bonds is 6. The highest BCUT2D eigenvalue weighted by Crippen LogP contribution is 2.18. The molecule has 0 N–H and O–H groups in total. The van der Waals surface area contributed by atoms with Gasteiger partial charge in [-0.05, 0) is 13.0 Å². The number of benzene rings is 1. The van der Waals surface area contributed by atoms with E-state index in [0.717, 1.165) is 11.3 Å². The van der Waals surface area contributed by atoms with Crippen molar-refractivity contribution in [2.45, 2.75) is 13.3 Å². The maximum atomic E-state index is 12.0. The van der Waals surface area contributed by atoms with Crippen molar-refractivity contribution in [3.05, 3.63) is 29.8 Å². The summed E-state index contributed by atoms with van der Waals surface area (Å²) < 4.78 is 5.22. The second-order valence-corrected chi connectivity index (χ2v) is 4.03. The molecule has 0 bridgehead atoms. The van der Waals surface area contributed by atoms with Gasteiger partial charge in [-0.3, -0.25) is 4.79 Å². The molecule has 1 aromatic rings. The largest absolute Gasteiger partial charge is 0.496 e. The average Bonchev–Trinajstić information content (AvgIpc) is 2.36. The molecule has 1 amide bonds. The fraction of sp³-hybridized carbons (Fsp3) is 0.462. The Labute approximate surface area is 107 Å². The summed E-state index contributed by atoms with van der Waals surface area (Å²) in [6.45, 7) is 3.22. The zero-order valence-corrected chi connectivity index (χ0v) is 11.0. The third-order valence-corrected chi connectivity index (χ3v) is 2.79. The summed E-state index contributed by atoms with van der Waals surface area (Å²) in [6.07, 6.45) is 0.356. The molecule has 0 aliphatic carbocycles. The van der Waals surface area contributed by atoms with Gasteiger partial charge in [0.05, 0.1) is 13.5 Å². The van der Waals surface area contributed by atoms with Crippen LogP contribution in [0, 0.1) is 0 Å². The van der Waals surface area contributed by atoms with Gasteiger partial charge in [-0.25, -0.2) is 0 Å². The number of methoxy groups -OCH3 is 1. The number of likely N-dealkylation sites (N-methyl/N-ethyl adjacent to an activating group) is 1. The molecule has 0 radical (unpaired) electrons. The van der Waals surface area contributed by atoms with E-state index in [1.54, 1.807) is 12.0 Å². The van der Waals surface area contributed by atoms with Crippen LogP contribution in [0.4, 0.5) is 0 Å². The van der Waals surface area contributed by atoms with Gasteiger partial charge in [-0.15, -0.1) is 11.6 Å². The second-order valence-electron chi connectivity index (χ2n) is 3.65. The van der Waals surface area contributed by atoms with Crippen molar-refractivity contribution < 1.29 is 9.53 Å². The average molecular weight is 256 g/mol. The maximum absolute atomic E-state index is 12.0. The summed E-state index contributed by atoms with van der Waals surface area (Å²) in [6, 6.07) is 7.57. The van der Waals surface area contributed by atoms with Crippen molar-refractivity contribution in [1.29, 1.82) is 0 Å². The van der Waals surface area contributed by atoms with Crippen LogP contribution in [0.2, 0.25) is 0 Å². The van der Waals surface area contributed by atoms with E-state index in [1.807, 2.05) is 31.2 Å². The predicted molar refractivity (Wildman–Crippen MR) is 69.7 cm³/mol. The van der Waals surface area contributed by atoms with Crippen molar-refractivity contribution in [3.8, 4) is 5.75 Å². The standard InChI is InChI=1S/C13H18ClNO2/c1-3-15(9-8-14)13(16)10-11-6-4-5-7-12(11)17-2/h4-7H,3,8-10H2,1-2H3. The van der Waals surface area contributed by atoms with Gasteiger partial charge in [0.15, 0.2) is 0 Å². The van der Waals surface area contributed by atoms with E-state index in [0.29, 0.717) is 25.4 Å². The third kappa shape index (κ3) is 3.93. The number of amides is 1. The minimum atomic E-state index is 0.0812. The number of carbonyl (C=O) groups excluding carboxylic acids is 1. The summed E-state index contributed by atoms with van der Waals surface area (Å²) in [5.74, 6) is 1.30. The minimum absolute atomic E-state index is 0.0812. The minimum Gasteiger partial charge on any atom is -0.496 e. The van der Waals surface area contributed by atoms with E-state index < -0.39 is 0 Å². The maximum Gasteiger partial charge on any atom is 0.227 e. The van der Waals surface area contributed by atoms with Crippen molar-refractivity contribution >= 4 is 17.5 Å². The number of carbonyl (C=O) groups is 1. The van der Waals surface area contributed by atoms with Crippen LogP contribution >= 0.6 is 11.6 Å². The van der Waals surface area contributed by atoms with Gasteiger partial charge < -0.3 is 9.64 Å². The molecule has 0 heterocycles. The van der Waals surface area contributed by atoms with Gasteiger partial charge in [-0.1, -0.05) is 18.2 Å². The van der Waals surface area contributed by atoms with E-state index in [9.17, 15) is 4.79 Å². The Morgan fingerprint density at radius 1 is 1.41 bits per heavy atom. The predicted octanol–water partition coefficient (Wildman–Crippen LogP) is 2.33. The number of ether oxygens (including phenoxy) is 1. The Bertz CT molecular complexity index is 368. The lowest BCUT2D eigenvalue weighted by Crippen LogP contribution is -2.33. The Balaban J connectivity index is 2.72. The lowest BCUT2D eigenvalue weighted by Gasteiger charge is -2.20. The Morgan fingerprint density at radius 2 is 2.12 bits per heavy atom. The van der Waals surface area contributed by atoms with E-state index in [2.05, 4.69) is 0 Å². The molecule has 0 saturated heterocycles. The molecule has 1 rings (SSSR count). The number of para-hydroxylation sites is 1. The molecule has 4 heteroatoms. The van der Waals surface area contributed by atoms with Gasteiger partial charge in [0.2, 0.25) is 5.91 Å². The zero-order chi connectivity index (χ0) is 12.7. The molecule has 0 spiro atoms. The number of alkyl halides is 1. The van der Waals surface area contributed by atoms with E-state index >= 15 is 0 Å². The first-order valence-corrected chi connectivity index (χ1v) is 6.22. The van der Waals surface area contributed by atoms with E-state index in [1.165, 1.54) is 0 Å². The number of hydrogen-bond acceptors (Lipinski definition) is 2. The van der Waals surface area contributed by atoms with Crippen molar-refractivity contribution in [2.75, 3.05) is 26.1 Å². The van der Waals surface area contributed by atoms with Crippen LogP contribution in [0.25, 0.3) is 0 Å². The Morgan fingerprint density at radius 3 is 2.71 bits per heavy atom. The lowest BCUT2D eigenvalue weighted by molar-refractivity contribution is -0.130. The molecule has 1 aromatic carbocycles. The smallest absolute Gasteiger partial charge is 0.227 e. The number of halogens is 1. The molecule has 0 aliphatic heterocycles. The van der Waals surface area contributed by atoms with Gasteiger partial charge in [0, 0.05) is 24.5 Å². The molecule has 3 nitrogen and oxygen atoms in total. The Kier molecular flexibility index (Phi) is 5.84. The Hall–Kier alpha value is -1.22. The first-order valence-electron chi connectivity index (χ1n) is 5.68. The van der Waals surface area contributed by atoms with Gasteiger partial charge in [-0.2, -0.15) is 0 Å². The monoisotopic (exact) mass is 255 g/mol. The fourth-order valence-corrected chi connectivity index (χ4v) is 1.89. The van der Waals surface area contributed by atoms with Crippen LogP contribution < -0.4 is 4.74 Å². The highest BCUT2D eigenvalue weighted by molar-refractivity contribution is 6.18. The molecule has 94 valence electrons. The molecule has 0 saturated carbocycles. The summed E-state index contributed by atoms with van der Waals surface area (Å²) in [5, 5.41) is 0. The van der Waals surface area contributed by atoms with Crippen molar-refractivity contribution in [3.63, 3.8) is 0 Å². The SMILES string of the molecule is CCN(CCCl)C(=O)Cc1ccccc1OC. The van der Waals surface area contributed by atoms with Crippen LogP contribution in [-0.4, -0.2) is 36.9 Å². The van der Waals surface area contributed by atoms with Gasteiger partial charge >= 0.3 is 0 Å². The van der Waals surface area contributed by atoms with Gasteiger partial charge in [0.25, 0.3) is 0 Å².